The number of rotatable bonds is 7. The largest absolute Gasteiger partial charge is 0.446 e. The Morgan fingerprint density at radius 2 is 1.95 bits per heavy atom. The average Bonchev–Trinajstić information content (AvgIpc) is 2.38. The topological polar surface area (TPSA) is 102 Å². The molecule has 0 bridgehead atoms. The van der Waals surface area contributed by atoms with E-state index >= 15 is 0 Å². The molecule has 1 aliphatic rings. The number of hydrogen-bond acceptors (Lipinski definition) is 5. The van der Waals surface area contributed by atoms with Crippen molar-refractivity contribution in [3.8, 4) is 0 Å². The first-order valence-electron chi connectivity index (χ1n) is 7.57. The maximum absolute atomic E-state index is 12.4. The second-order valence-electron chi connectivity index (χ2n) is 5.61. The van der Waals surface area contributed by atoms with Gasteiger partial charge >= 0.3 is 16.3 Å². The van der Waals surface area contributed by atoms with E-state index in [1.165, 1.54) is 4.31 Å². The highest BCUT2D eigenvalue weighted by Gasteiger charge is 2.32. The number of hydrogen-bond donors (Lipinski definition) is 2. The van der Waals surface area contributed by atoms with Gasteiger partial charge in [-0.25, -0.2) is 9.52 Å². The summed E-state index contributed by atoms with van der Waals surface area (Å²) in [4.78, 5) is 11.6. The van der Waals surface area contributed by atoms with E-state index in [0.717, 1.165) is 32.1 Å². The van der Waals surface area contributed by atoms with Gasteiger partial charge in [-0.2, -0.15) is 12.7 Å². The zero-order valence-corrected chi connectivity index (χ0v) is 13.7. The van der Waals surface area contributed by atoms with Crippen LogP contribution in [0.15, 0.2) is 0 Å². The Hall–Kier alpha value is -0.860. The minimum absolute atomic E-state index is 0.0605. The van der Waals surface area contributed by atoms with Gasteiger partial charge in [0.2, 0.25) is 0 Å². The molecular weight excluding hydrogens is 294 g/mol. The standard InChI is InChI=1S/C13H27N3O4S/c1-11(2)20-13(17)15-21(18,19)16(10-6-9-14)12-7-4-3-5-8-12/h11-12H,3-10,14H2,1-2H3,(H,15,17). The van der Waals surface area contributed by atoms with E-state index in [-0.39, 0.29) is 12.1 Å². The van der Waals surface area contributed by atoms with Crippen LogP contribution < -0.4 is 10.5 Å². The molecule has 0 spiro atoms. The van der Waals surface area contributed by atoms with E-state index < -0.39 is 16.3 Å². The lowest BCUT2D eigenvalue weighted by atomic mass is 9.95. The maximum Gasteiger partial charge on any atom is 0.422 e. The molecule has 3 N–H and O–H groups in total. The summed E-state index contributed by atoms with van der Waals surface area (Å²) in [5.74, 6) is 0. The van der Waals surface area contributed by atoms with Gasteiger partial charge in [-0.1, -0.05) is 19.3 Å². The van der Waals surface area contributed by atoms with Gasteiger partial charge < -0.3 is 10.5 Å². The molecule has 1 amide bonds. The van der Waals surface area contributed by atoms with E-state index in [1.807, 2.05) is 4.72 Å². The van der Waals surface area contributed by atoms with E-state index in [4.69, 9.17) is 10.5 Å². The zero-order chi connectivity index (χ0) is 15.9. The molecule has 0 aromatic rings. The van der Waals surface area contributed by atoms with Crippen molar-refractivity contribution in [2.45, 2.75) is 64.5 Å². The third-order valence-corrected chi connectivity index (χ3v) is 4.95. The summed E-state index contributed by atoms with van der Waals surface area (Å²) in [6, 6.07) is -0.0605. The van der Waals surface area contributed by atoms with Crippen LogP contribution in [0.2, 0.25) is 0 Å². The highest BCUT2D eigenvalue weighted by molar-refractivity contribution is 7.87. The third kappa shape index (κ3) is 6.19. The fraction of sp³-hybridized carbons (Fsp3) is 0.923. The molecule has 0 saturated heterocycles. The monoisotopic (exact) mass is 321 g/mol. The van der Waals surface area contributed by atoms with Crippen LogP contribution in [0.25, 0.3) is 0 Å². The Morgan fingerprint density at radius 1 is 1.33 bits per heavy atom. The Labute approximate surface area is 127 Å². The Morgan fingerprint density at radius 3 is 2.48 bits per heavy atom. The first-order chi connectivity index (χ1) is 9.86. The van der Waals surface area contributed by atoms with E-state index in [9.17, 15) is 13.2 Å². The molecule has 0 aromatic heterocycles. The van der Waals surface area contributed by atoms with Crippen LogP contribution in [0, 0.1) is 0 Å². The molecule has 0 heterocycles. The van der Waals surface area contributed by atoms with Gasteiger partial charge in [-0.15, -0.1) is 0 Å². The van der Waals surface area contributed by atoms with Gasteiger partial charge in [0, 0.05) is 12.6 Å². The molecule has 0 radical (unpaired) electrons. The first kappa shape index (κ1) is 18.2. The highest BCUT2D eigenvalue weighted by atomic mass is 32.2. The smallest absolute Gasteiger partial charge is 0.422 e. The molecule has 1 rings (SSSR count). The number of amides is 1. The molecule has 0 aromatic carbocycles. The normalized spacial score (nSPS) is 17.2. The van der Waals surface area contributed by atoms with Crippen molar-refractivity contribution in [1.29, 1.82) is 0 Å². The van der Waals surface area contributed by atoms with Gasteiger partial charge in [0.15, 0.2) is 0 Å². The minimum Gasteiger partial charge on any atom is -0.446 e. The molecular formula is C13H27N3O4S. The summed E-state index contributed by atoms with van der Waals surface area (Å²) in [6.45, 7) is 4.07. The molecule has 124 valence electrons. The number of nitrogens with one attached hydrogen (secondary N) is 1. The fourth-order valence-electron chi connectivity index (χ4n) is 2.52. The van der Waals surface area contributed by atoms with Gasteiger partial charge in [0.1, 0.15) is 0 Å². The van der Waals surface area contributed by atoms with E-state index in [2.05, 4.69) is 0 Å². The minimum atomic E-state index is -3.89. The molecule has 1 aliphatic carbocycles. The molecule has 0 unspecified atom stereocenters. The molecule has 8 heteroatoms. The fourth-order valence-corrected chi connectivity index (χ4v) is 3.87. The van der Waals surface area contributed by atoms with Gasteiger partial charge in [-0.05, 0) is 39.7 Å². The average molecular weight is 321 g/mol. The SMILES string of the molecule is CC(C)OC(=O)NS(=O)(=O)N(CCCN)C1CCCCC1. The molecule has 0 aliphatic heterocycles. The quantitative estimate of drug-likeness (QED) is 0.737. The van der Waals surface area contributed by atoms with Crippen molar-refractivity contribution in [2.75, 3.05) is 13.1 Å². The number of carbonyl (C=O) groups excluding carboxylic acids is 1. The van der Waals surface area contributed by atoms with Crippen molar-refractivity contribution >= 4 is 16.3 Å². The first-order valence-corrected chi connectivity index (χ1v) is 9.01. The van der Waals surface area contributed by atoms with Crippen LogP contribution in [0.5, 0.6) is 0 Å². The second kappa shape index (κ2) is 8.55. The van der Waals surface area contributed by atoms with Crippen LogP contribution in [0.4, 0.5) is 4.79 Å². The lowest BCUT2D eigenvalue weighted by molar-refractivity contribution is 0.120. The van der Waals surface area contributed by atoms with E-state index in [0.29, 0.717) is 19.5 Å². The number of carbonyl (C=O) groups is 1. The van der Waals surface area contributed by atoms with Crippen LogP contribution in [-0.4, -0.2) is 44.1 Å². The molecule has 7 nitrogen and oxygen atoms in total. The summed E-state index contributed by atoms with van der Waals surface area (Å²) in [6.07, 6.45) is 4.06. The molecule has 21 heavy (non-hydrogen) atoms. The maximum atomic E-state index is 12.4. The van der Waals surface area contributed by atoms with Crippen LogP contribution in [0.3, 0.4) is 0 Å². The van der Waals surface area contributed by atoms with Gasteiger partial charge in [0.25, 0.3) is 0 Å². The summed E-state index contributed by atoms with van der Waals surface area (Å²) >= 11 is 0. The van der Waals surface area contributed by atoms with Crippen molar-refractivity contribution < 1.29 is 17.9 Å². The van der Waals surface area contributed by atoms with Gasteiger partial charge in [-0.3, -0.25) is 0 Å². The van der Waals surface area contributed by atoms with Crippen molar-refractivity contribution in [3.63, 3.8) is 0 Å². The summed E-state index contributed by atoms with van der Waals surface area (Å²) in [5, 5.41) is 0. The zero-order valence-electron chi connectivity index (χ0n) is 12.9. The number of nitrogens with two attached hydrogens (primary N) is 1. The lowest BCUT2D eigenvalue weighted by Gasteiger charge is -2.33. The molecule has 1 fully saturated rings. The highest BCUT2D eigenvalue weighted by Crippen LogP contribution is 2.24. The van der Waals surface area contributed by atoms with Crippen LogP contribution in [0.1, 0.15) is 52.4 Å². The molecule has 1 saturated carbocycles. The Bertz CT molecular complexity index is 419. The third-order valence-electron chi connectivity index (χ3n) is 3.43. The predicted octanol–water partition coefficient (Wildman–Crippen LogP) is 1.35. The number of nitrogens with zero attached hydrogens (tertiary/aromatic N) is 1. The van der Waals surface area contributed by atoms with Crippen molar-refractivity contribution in [2.24, 2.45) is 5.73 Å². The summed E-state index contributed by atoms with van der Waals surface area (Å²) in [5.41, 5.74) is 5.48. The van der Waals surface area contributed by atoms with Crippen molar-refractivity contribution in [1.82, 2.24) is 9.03 Å². The van der Waals surface area contributed by atoms with Crippen molar-refractivity contribution in [3.05, 3.63) is 0 Å². The second-order valence-corrected chi connectivity index (χ2v) is 7.23. The summed E-state index contributed by atoms with van der Waals surface area (Å²) in [7, 11) is -3.89. The van der Waals surface area contributed by atoms with E-state index in [1.54, 1.807) is 13.8 Å². The molecule has 0 atom stereocenters. The Kier molecular flexibility index (Phi) is 7.41. The predicted molar refractivity (Wildman–Crippen MR) is 80.9 cm³/mol. The number of ether oxygens (including phenoxy) is 1. The van der Waals surface area contributed by atoms with Crippen LogP contribution in [-0.2, 0) is 14.9 Å². The lowest BCUT2D eigenvalue weighted by Crippen LogP contribution is -2.50. The summed E-state index contributed by atoms with van der Waals surface area (Å²) < 4.78 is 33.0. The van der Waals surface area contributed by atoms with Gasteiger partial charge in [0.05, 0.1) is 6.10 Å². The van der Waals surface area contributed by atoms with Crippen LogP contribution >= 0.6 is 0 Å². The Balaban J connectivity index is 2.76.